The van der Waals surface area contributed by atoms with Gasteiger partial charge in [0.2, 0.25) is 17.6 Å². The van der Waals surface area contributed by atoms with Gasteiger partial charge in [0.05, 0.1) is 12.3 Å². The fourth-order valence-electron chi connectivity index (χ4n) is 3.16. The lowest BCUT2D eigenvalue weighted by Crippen LogP contribution is -2.16. The summed E-state index contributed by atoms with van der Waals surface area (Å²) >= 11 is 0. The Morgan fingerprint density at radius 2 is 1.88 bits per heavy atom. The molecule has 0 radical (unpaired) electrons. The van der Waals surface area contributed by atoms with Crippen molar-refractivity contribution in [1.82, 2.24) is 29.9 Å². The highest BCUT2D eigenvalue weighted by Crippen LogP contribution is 2.25. The van der Waals surface area contributed by atoms with Crippen LogP contribution >= 0.6 is 0 Å². The Bertz CT molecular complexity index is 1240. The minimum Gasteiger partial charge on any atom is -0.494 e. The van der Waals surface area contributed by atoms with E-state index in [1.165, 1.54) is 4.68 Å². The molecule has 0 unspecified atom stereocenters. The van der Waals surface area contributed by atoms with E-state index in [0.29, 0.717) is 36.5 Å². The average molecular weight is 462 g/mol. The van der Waals surface area contributed by atoms with E-state index in [-0.39, 0.29) is 17.7 Å². The number of hydrogen-bond acceptors (Lipinski definition) is 8. The SMILES string of the molecule is CCOc1ccc(-c2noc(CCC(=O)Nc3cc(C(C)(C)C)nn3-c3ncccn3)n2)cc1. The van der Waals surface area contributed by atoms with Crippen LogP contribution < -0.4 is 10.1 Å². The Morgan fingerprint density at radius 1 is 1.15 bits per heavy atom. The molecule has 4 rings (SSSR count). The molecule has 10 nitrogen and oxygen atoms in total. The van der Waals surface area contributed by atoms with Crippen molar-refractivity contribution in [2.45, 2.75) is 46.0 Å². The molecule has 3 heterocycles. The topological polar surface area (TPSA) is 121 Å². The molecule has 1 aromatic carbocycles. The molecular formula is C24H27N7O3. The molecule has 0 aliphatic carbocycles. The summed E-state index contributed by atoms with van der Waals surface area (Å²) in [5.74, 6) is 2.30. The predicted octanol–water partition coefficient (Wildman–Crippen LogP) is 3.98. The molecule has 1 amide bonds. The van der Waals surface area contributed by atoms with Crippen molar-refractivity contribution in [3.05, 3.63) is 60.4 Å². The van der Waals surface area contributed by atoms with E-state index in [1.807, 2.05) is 37.3 Å². The molecule has 0 fully saturated rings. The number of carbonyl (C=O) groups excluding carboxylic acids is 1. The number of nitrogens with zero attached hydrogens (tertiary/aromatic N) is 6. The molecule has 10 heteroatoms. The molecular weight excluding hydrogens is 434 g/mol. The number of benzene rings is 1. The van der Waals surface area contributed by atoms with E-state index in [9.17, 15) is 4.79 Å². The van der Waals surface area contributed by atoms with Crippen LogP contribution in [0.2, 0.25) is 0 Å². The van der Waals surface area contributed by atoms with Crippen molar-refractivity contribution >= 4 is 11.7 Å². The fourth-order valence-corrected chi connectivity index (χ4v) is 3.16. The number of nitrogens with one attached hydrogen (secondary N) is 1. The van der Waals surface area contributed by atoms with E-state index >= 15 is 0 Å². The zero-order valence-corrected chi connectivity index (χ0v) is 19.6. The lowest BCUT2D eigenvalue weighted by Gasteiger charge is -2.13. The summed E-state index contributed by atoms with van der Waals surface area (Å²) in [4.78, 5) is 25.6. The van der Waals surface area contributed by atoms with Crippen molar-refractivity contribution in [2.75, 3.05) is 11.9 Å². The molecule has 34 heavy (non-hydrogen) atoms. The summed E-state index contributed by atoms with van der Waals surface area (Å²) in [5.41, 5.74) is 1.41. The maximum absolute atomic E-state index is 12.7. The quantitative estimate of drug-likeness (QED) is 0.418. The van der Waals surface area contributed by atoms with E-state index in [2.05, 4.69) is 51.3 Å². The maximum Gasteiger partial charge on any atom is 0.252 e. The molecule has 0 aliphatic heterocycles. The van der Waals surface area contributed by atoms with Crippen LogP contribution in [0.1, 0.15) is 45.7 Å². The molecule has 1 N–H and O–H groups in total. The summed E-state index contributed by atoms with van der Waals surface area (Å²) in [6.45, 7) is 8.69. The number of hydrogen-bond donors (Lipinski definition) is 1. The van der Waals surface area contributed by atoms with Gasteiger partial charge in [-0.25, -0.2) is 9.97 Å². The van der Waals surface area contributed by atoms with Gasteiger partial charge in [-0.1, -0.05) is 25.9 Å². The Hall–Kier alpha value is -4.08. The molecule has 0 aliphatic rings. The van der Waals surface area contributed by atoms with Gasteiger partial charge in [-0.15, -0.1) is 0 Å². The van der Waals surface area contributed by atoms with Gasteiger partial charge >= 0.3 is 0 Å². The van der Waals surface area contributed by atoms with Gasteiger partial charge < -0.3 is 14.6 Å². The second-order valence-electron chi connectivity index (χ2n) is 8.64. The Morgan fingerprint density at radius 3 is 2.56 bits per heavy atom. The highest BCUT2D eigenvalue weighted by molar-refractivity contribution is 5.90. The standard InChI is InChI=1S/C24H27N7O3/c1-5-33-17-9-7-16(8-10-17)22-28-21(34-30-22)12-11-20(32)27-19-15-18(24(2,3)4)29-31(19)23-25-13-6-14-26-23/h6-10,13-15H,5,11-12H2,1-4H3,(H,27,32). The van der Waals surface area contributed by atoms with Crippen LogP contribution in [0, 0.1) is 0 Å². The van der Waals surface area contributed by atoms with Crippen LogP contribution in [-0.2, 0) is 16.6 Å². The molecule has 0 saturated heterocycles. The maximum atomic E-state index is 12.7. The molecule has 0 spiro atoms. The summed E-state index contributed by atoms with van der Waals surface area (Å²) in [6.07, 6.45) is 3.72. The number of aryl methyl sites for hydroxylation is 1. The minimum absolute atomic E-state index is 0.163. The van der Waals surface area contributed by atoms with Crippen LogP contribution in [0.25, 0.3) is 17.3 Å². The molecule has 4 aromatic rings. The Labute approximate surface area is 197 Å². The molecule has 0 atom stereocenters. The van der Waals surface area contributed by atoms with Crippen molar-refractivity contribution in [1.29, 1.82) is 0 Å². The van der Waals surface area contributed by atoms with Crippen LogP contribution in [-0.4, -0.2) is 42.4 Å². The van der Waals surface area contributed by atoms with Gasteiger partial charge in [0.15, 0.2) is 0 Å². The second kappa shape index (κ2) is 9.82. The normalized spacial score (nSPS) is 11.4. The third-order valence-electron chi connectivity index (χ3n) is 4.94. The first-order valence-corrected chi connectivity index (χ1v) is 11.1. The van der Waals surface area contributed by atoms with Gasteiger partial charge in [0.25, 0.3) is 5.95 Å². The van der Waals surface area contributed by atoms with Gasteiger partial charge in [0.1, 0.15) is 11.6 Å². The van der Waals surface area contributed by atoms with Gasteiger partial charge in [-0.05, 0) is 37.3 Å². The van der Waals surface area contributed by atoms with Crippen LogP contribution in [0.5, 0.6) is 5.75 Å². The third kappa shape index (κ3) is 5.45. The molecule has 0 bridgehead atoms. The van der Waals surface area contributed by atoms with E-state index in [0.717, 1.165) is 17.0 Å². The highest BCUT2D eigenvalue weighted by atomic mass is 16.5. The number of ether oxygens (including phenoxy) is 1. The lowest BCUT2D eigenvalue weighted by molar-refractivity contribution is -0.116. The van der Waals surface area contributed by atoms with Crippen LogP contribution in [0.4, 0.5) is 5.82 Å². The predicted molar refractivity (Wildman–Crippen MR) is 126 cm³/mol. The first kappa shape index (κ1) is 23.1. The summed E-state index contributed by atoms with van der Waals surface area (Å²) in [7, 11) is 0. The molecule has 3 aromatic heterocycles. The number of aromatic nitrogens is 6. The van der Waals surface area contributed by atoms with E-state index in [1.54, 1.807) is 18.5 Å². The van der Waals surface area contributed by atoms with Crippen molar-refractivity contribution in [3.8, 4) is 23.1 Å². The van der Waals surface area contributed by atoms with Crippen molar-refractivity contribution in [3.63, 3.8) is 0 Å². The molecule has 0 saturated carbocycles. The monoisotopic (exact) mass is 461 g/mol. The van der Waals surface area contributed by atoms with E-state index in [4.69, 9.17) is 9.26 Å². The number of anilines is 1. The number of rotatable bonds is 8. The summed E-state index contributed by atoms with van der Waals surface area (Å²) < 4.78 is 12.3. The summed E-state index contributed by atoms with van der Waals surface area (Å²) in [5, 5.41) is 11.5. The van der Waals surface area contributed by atoms with Gasteiger partial charge in [0, 0.05) is 42.3 Å². The molecule has 176 valence electrons. The van der Waals surface area contributed by atoms with Gasteiger partial charge in [-0.3, -0.25) is 4.79 Å². The first-order chi connectivity index (χ1) is 16.3. The number of amides is 1. The Kier molecular flexibility index (Phi) is 6.67. The second-order valence-corrected chi connectivity index (χ2v) is 8.64. The smallest absolute Gasteiger partial charge is 0.252 e. The van der Waals surface area contributed by atoms with Gasteiger partial charge in [-0.2, -0.15) is 14.8 Å². The number of carbonyl (C=O) groups is 1. The Balaban J connectivity index is 1.42. The zero-order valence-electron chi connectivity index (χ0n) is 19.6. The first-order valence-electron chi connectivity index (χ1n) is 11.1. The largest absolute Gasteiger partial charge is 0.494 e. The highest BCUT2D eigenvalue weighted by Gasteiger charge is 2.22. The van der Waals surface area contributed by atoms with Crippen LogP contribution in [0.3, 0.4) is 0 Å². The average Bonchev–Trinajstić information content (AvgIpc) is 3.46. The van der Waals surface area contributed by atoms with Crippen molar-refractivity contribution in [2.24, 2.45) is 0 Å². The zero-order chi connectivity index (χ0) is 24.1. The lowest BCUT2D eigenvalue weighted by atomic mass is 9.92. The van der Waals surface area contributed by atoms with Crippen molar-refractivity contribution < 1.29 is 14.1 Å². The van der Waals surface area contributed by atoms with E-state index < -0.39 is 0 Å². The fraction of sp³-hybridized carbons (Fsp3) is 0.333. The minimum atomic E-state index is -0.210. The third-order valence-corrected chi connectivity index (χ3v) is 4.94. The van der Waals surface area contributed by atoms with Crippen LogP contribution in [0.15, 0.2) is 53.3 Å². The summed E-state index contributed by atoms with van der Waals surface area (Å²) in [6, 6.07) is 11.0.